The zero-order chi connectivity index (χ0) is 11.6. The van der Waals surface area contributed by atoms with Gasteiger partial charge in [-0.25, -0.2) is 0 Å². The van der Waals surface area contributed by atoms with E-state index < -0.39 is 0 Å². The molecular formula is C13H21ClN2O. The first kappa shape index (κ1) is 15.9. The Labute approximate surface area is 110 Å². The van der Waals surface area contributed by atoms with Crippen molar-refractivity contribution in [2.45, 2.75) is 13.8 Å². The summed E-state index contributed by atoms with van der Waals surface area (Å²) in [5.41, 5.74) is 1.06. The van der Waals surface area contributed by atoms with E-state index in [2.05, 4.69) is 23.9 Å². The summed E-state index contributed by atoms with van der Waals surface area (Å²) in [6, 6.07) is 9.95. The minimum absolute atomic E-state index is 0. The standard InChI is InChI=1S/C13H20N2O.ClH/c1-3-15(4-2)10-11-16-14-12-13-8-6-5-7-9-13;/h5-9,12H,3-4,10-11H2,1-2H3;1H/b14-12+;. The molecule has 0 amide bonds. The Kier molecular flexibility index (Phi) is 9.49. The number of halogens is 1. The molecule has 0 aliphatic carbocycles. The molecule has 0 saturated heterocycles. The van der Waals surface area contributed by atoms with Gasteiger partial charge >= 0.3 is 0 Å². The first-order valence-corrected chi connectivity index (χ1v) is 5.79. The van der Waals surface area contributed by atoms with Gasteiger partial charge < -0.3 is 9.74 Å². The third-order valence-electron chi connectivity index (χ3n) is 2.47. The number of nitrogens with zero attached hydrogens (tertiary/aromatic N) is 2. The predicted octanol–water partition coefficient (Wildman–Crippen LogP) is 2.80. The molecule has 0 saturated carbocycles. The summed E-state index contributed by atoms with van der Waals surface area (Å²) in [7, 11) is 0. The van der Waals surface area contributed by atoms with E-state index in [1.54, 1.807) is 6.21 Å². The van der Waals surface area contributed by atoms with Crippen molar-refractivity contribution >= 4 is 18.6 Å². The van der Waals surface area contributed by atoms with Crippen molar-refractivity contribution in [3.05, 3.63) is 35.9 Å². The fourth-order valence-corrected chi connectivity index (χ4v) is 1.40. The number of benzene rings is 1. The summed E-state index contributed by atoms with van der Waals surface area (Å²) in [4.78, 5) is 7.50. The molecule has 0 aliphatic rings. The molecule has 1 aromatic carbocycles. The lowest BCUT2D eigenvalue weighted by Gasteiger charge is -2.16. The molecule has 0 aliphatic heterocycles. The third-order valence-corrected chi connectivity index (χ3v) is 2.47. The van der Waals surface area contributed by atoms with Crippen molar-refractivity contribution in [1.29, 1.82) is 0 Å². The zero-order valence-corrected chi connectivity index (χ0v) is 11.3. The monoisotopic (exact) mass is 256 g/mol. The largest absolute Gasteiger partial charge is 0.394 e. The van der Waals surface area contributed by atoms with E-state index in [1.165, 1.54) is 0 Å². The molecule has 17 heavy (non-hydrogen) atoms. The molecule has 0 spiro atoms. The van der Waals surface area contributed by atoms with E-state index in [9.17, 15) is 0 Å². The van der Waals surface area contributed by atoms with Crippen LogP contribution in [0.2, 0.25) is 0 Å². The average Bonchev–Trinajstić information content (AvgIpc) is 2.35. The van der Waals surface area contributed by atoms with Gasteiger partial charge in [0.25, 0.3) is 0 Å². The average molecular weight is 257 g/mol. The summed E-state index contributed by atoms with van der Waals surface area (Å²) in [6.07, 6.45) is 1.74. The van der Waals surface area contributed by atoms with Crippen molar-refractivity contribution in [2.24, 2.45) is 5.16 Å². The molecule has 3 nitrogen and oxygen atoms in total. The summed E-state index contributed by atoms with van der Waals surface area (Å²) in [5, 5.41) is 3.93. The van der Waals surface area contributed by atoms with Crippen LogP contribution in [0.5, 0.6) is 0 Å². The quantitative estimate of drug-likeness (QED) is 0.426. The Hall–Kier alpha value is -1.06. The van der Waals surface area contributed by atoms with E-state index in [-0.39, 0.29) is 12.4 Å². The van der Waals surface area contributed by atoms with Crippen molar-refractivity contribution in [3.63, 3.8) is 0 Å². The second-order valence-electron chi connectivity index (χ2n) is 3.51. The fraction of sp³-hybridized carbons (Fsp3) is 0.462. The second-order valence-corrected chi connectivity index (χ2v) is 3.51. The fourth-order valence-electron chi connectivity index (χ4n) is 1.40. The van der Waals surface area contributed by atoms with Crippen molar-refractivity contribution < 1.29 is 4.84 Å². The van der Waals surface area contributed by atoms with Crippen LogP contribution in [0.15, 0.2) is 35.5 Å². The molecule has 1 aromatic rings. The smallest absolute Gasteiger partial charge is 0.129 e. The van der Waals surface area contributed by atoms with Gasteiger partial charge in [-0.05, 0) is 18.7 Å². The molecule has 0 aromatic heterocycles. The number of hydrogen-bond acceptors (Lipinski definition) is 3. The van der Waals surface area contributed by atoms with Gasteiger partial charge in [-0.3, -0.25) is 0 Å². The molecule has 0 fully saturated rings. The molecule has 1 rings (SSSR count). The lowest BCUT2D eigenvalue weighted by Crippen LogP contribution is -2.26. The summed E-state index contributed by atoms with van der Waals surface area (Å²) >= 11 is 0. The Morgan fingerprint density at radius 3 is 2.41 bits per heavy atom. The molecule has 0 radical (unpaired) electrons. The highest BCUT2D eigenvalue weighted by atomic mass is 35.5. The number of oxime groups is 1. The Morgan fingerprint density at radius 1 is 1.18 bits per heavy atom. The van der Waals surface area contributed by atoms with Crippen LogP contribution in [-0.2, 0) is 4.84 Å². The van der Waals surface area contributed by atoms with Crippen LogP contribution in [0.3, 0.4) is 0 Å². The maximum absolute atomic E-state index is 5.20. The van der Waals surface area contributed by atoms with Crippen LogP contribution in [0.4, 0.5) is 0 Å². The van der Waals surface area contributed by atoms with E-state index >= 15 is 0 Å². The minimum atomic E-state index is 0. The Bertz CT molecular complexity index is 300. The van der Waals surface area contributed by atoms with Gasteiger partial charge in [-0.15, -0.1) is 12.4 Å². The minimum Gasteiger partial charge on any atom is -0.394 e. The highest BCUT2D eigenvalue weighted by Gasteiger charge is 1.97. The number of hydrogen-bond donors (Lipinski definition) is 0. The van der Waals surface area contributed by atoms with Crippen LogP contribution in [0, 0.1) is 0 Å². The second kappa shape index (κ2) is 10.1. The maximum Gasteiger partial charge on any atom is 0.129 e. The SMILES string of the molecule is CCN(CC)CCO/N=C/c1ccccc1.Cl. The van der Waals surface area contributed by atoms with Gasteiger partial charge in [-0.2, -0.15) is 0 Å². The Balaban J connectivity index is 0.00000256. The molecule has 0 bridgehead atoms. The molecule has 4 heteroatoms. The van der Waals surface area contributed by atoms with Crippen LogP contribution in [-0.4, -0.2) is 37.4 Å². The van der Waals surface area contributed by atoms with Crippen LogP contribution in [0.1, 0.15) is 19.4 Å². The number of likely N-dealkylation sites (N-methyl/N-ethyl adjacent to an activating group) is 1. The molecule has 0 unspecified atom stereocenters. The predicted molar refractivity (Wildman–Crippen MR) is 75.0 cm³/mol. The lowest BCUT2D eigenvalue weighted by molar-refractivity contribution is 0.115. The van der Waals surface area contributed by atoms with Gasteiger partial charge in [0.15, 0.2) is 0 Å². The van der Waals surface area contributed by atoms with Crippen molar-refractivity contribution in [3.8, 4) is 0 Å². The van der Waals surface area contributed by atoms with Gasteiger partial charge in [0.2, 0.25) is 0 Å². The van der Waals surface area contributed by atoms with Gasteiger partial charge in [-0.1, -0.05) is 49.3 Å². The first-order valence-electron chi connectivity index (χ1n) is 5.79. The normalized spacial score (nSPS) is 10.5. The highest BCUT2D eigenvalue weighted by molar-refractivity contribution is 5.85. The summed E-state index contributed by atoms with van der Waals surface area (Å²) in [6.45, 7) is 7.99. The van der Waals surface area contributed by atoms with Crippen LogP contribution < -0.4 is 0 Å². The van der Waals surface area contributed by atoms with Crippen LogP contribution >= 0.6 is 12.4 Å². The Morgan fingerprint density at radius 2 is 1.82 bits per heavy atom. The van der Waals surface area contributed by atoms with Crippen LogP contribution in [0.25, 0.3) is 0 Å². The van der Waals surface area contributed by atoms with Crippen molar-refractivity contribution in [2.75, 3.05) is 26.2 Å². The van der Waals surface area contributed by atoms with Gasteiger partial charge in [0, 0.05) is 6.54 Å². The summed E-state index contributed by atoms with van der Waals surface area (Å²) in [5.74, 6) is 0. The molecule has 96 valence electrons. The third kappa shape index (κ3) is 6.97. The van der Waals surface area contributed by atoms with Crippen molar-refractivity contribution in [1.82, 2.24) is 4.90 Å². The molecule has 0 N–H and O–H groups in total. The highest BCUT2D eigenvalue weighted by Crippen LogP contribution is 1.94. The summed E-state index contributed by atoms with van der Waals surface area (Å²) < 4.78 is 0. The number of rotatable bonds is 7. The van der Waals surface area contributed by atoms with E-state index in [1.807, 2.05) is 30.3 Å². The van der Waals surface area contributed by atoms with Gasteiger partial charge in [0.1, 0.15) is 6.61 Å². The molecule has 0 heterocycles. The van der Waals surface area contributed by atoms with E-state index in [0.29, 0.717) is 6.61 Å². The molecule has 0 atom stereocenters. The van der Waals surface area contributed by atoms with Gasteiger partial charge in [0.05, 0.1) is 6.21 Å². The molecular weight excluding hydrogens is 236 g/mol. The zero-order valence-electron chi connectivity index (χ0n) is 10.5. The van der Waals surface area contributed by atoms with E-state index in [4.69, 9.17) is 4.84 Å². The first-order chi connectivity index (χ1) is 7.86. The van der Waals surface area contributed by atoms with E-state index in [0.717, 1.165) is 25.2 Å². The topological polar surface area (TPSA) is 24.8 Å². The maximum atomic E-state index is 5.20. The lowest BCUT2D eigenvalue weighted by atomic mass is 10.2.